The van der Waals surface area contributed by atoms with Crippen molar-refractivity contribution in [3.8, 4) is 0 Å². The molecule has 0 amide bonds. The topological polar surface area (TPSA) is 32.5 Å². The first-order valence-electron chi connectivity index (χ1n) is 6.65. The lowest BCUT2D eigenvalue weighted by molar-refractivity contribution is 0.0998. The van der Waals surface area contributed by atoms with E-state index < -0.39 is 0 Å². The molecule has 1 fully saturated rings. The Hall–Kier alpha value is -0.130. The molecule has 1 aliphatic heterocycles. The molecule has 1 saturated heterocycles. The van der Waals surface area contributed by atoms with Gasteiger partial charge in [0.1, 0.15) is 0 Å². The zero-order valence-electron chi connectivity index (χ0n) is 10.9. The summed E-state index contributed by atoms with van der Waals surface area (Å²) in [6.45, 7) is 8.65. The molecule has 0 spiro atoms. The highest BCUT2D eigenvalue weighted by molar-refractivity contribution is 7.10. The summed E-state index contributed by atoms with van der Waals surface area (Å²) in [7, 11) is 0. The smallest absolute Gasteiger partial charge is 0.0565 e. The molecule has 1 aromatic heterocycles. The Morgan fingerprint density at radius 2 is 2.11 bits per heavy atom. The Morgan fingerprint density at radius 3 is 2.61 bits per heavy atom. The Labute approximate surface area is 119 Å². The fourth-order valence-electron chi connectivity index (χ4n) is 2.56. The fraction of sp³-hybridized carbons (Fsp3) is 0.692. The molecule has 1 unspecified atom stereocenters. The van der Waals surface area contributed by atoms with Crippen LogP contribution in [0, 0.1) is 0 Å². The van der Waals surface area contributed by atoms with Crippen molar-refractivity contribution in [2.75, 3.05) is 39.3 Å². The molecule has 1 atom stereocenters. The van der Waals surface area contributed by atoms with Crippen LogP contribution in [0.5, 0.6) is 0 Å². The minimum Gasteiger partial charge on any atom is -0.329 e. The minimum atomic E-state index is 0.339. The van der Waals surface area contributed by atoms with Crippen LogP contribution in [0.4, 0.5) is 0 Å². The lowest BCUT2D eigenvalue weighted by atomic mass is 10.1. The number of nitrogens with two attached hydrogens (primary N) is 1. The van der Waals surface area contributed by atoms with E-state index in [1.807, 2.05) is 5.38 Å². The quantitative estimate of drug-likeness (QED) is 0.903. The molecular weight excluding hydrogens is 266 g/mol. The van der Waals surface area contributed by atoms with E-state index in [4.69, 9.17) is 17.3 Å². The maximum atomic E-state index is 6.01. The van der Waals surface area contributed by atoms with E-state index in [0.717, 1.165) is 31.2 Å². The molecule has 0 bridgehead atoms. The molecule has 102 valence electrons. The highest BCUT2D eigenvalue weighted by Crippen LogP contribution is 2.29. The van der Waals surface area contributed by atoms with E-state index in [1.54, 1.807) is 11.3 Å². The predicted octanol–water partition coefficient (Wildman–Crippen LogP) is 2.43. The number of nitrogens with zero attached hydrogens (tertiary/aromatic N) is 2. The summed E-state index contributed by atoms with van der Waals surface area (Å²) < 4.78 is 0. The van der Waals surface area contributed by atoms with Gasteiger partial charge in [0.25, 0.3) is 0 Å². The molecule has 2 rings (SSSR count). The van der Waals surface area contributed by atoms with Gasteiger partial charge in [0.2, 0.25) is 0 Å². The van der Waals surface area contributed by atoms with Crippen LogP contribution in [0.1, 0.15) is 24.3 Å². The average molecular weight is 288 g/mol. The molecule has 0 aliphatic carbocycles. The maximum Gasteiger partial charge on any atom is 0.0565 e. The van der Waals surface area contributed by atoms with Crippen LogP contribution in [0.3, 0.4) is 0 Å². The second kappa shape index (κ2) is 6.87. The molecule has 0 saturated carbocycles. The predicted molar refractivity (Wildman–Crippen MR) is 79.4 cm³/mol. The van der Waals surface area contributed by atoms with Gasteiger partial charge in [-0.25, -0.2) is 0 Å². The van der Waals surface area contributed by atoms with Gasteiger partial charge in [0.05, 0.1) is 11.1 Å². The third-order valence-corrected chi connectivity index (χ3v) is 4.91. The monoisotopic (exact) mass is 287 g/mol. The van der Waals surface area contributed by atoms with Crippen molar-refractivity contribution >= 4 is 22.9 Å². The SMILES string of the molecule is CCCN1CCN(C(CN)c2cc(Cl)cs2)CC1. The molecule has 3 nitrogen and oxygen atoms in total. The number of hydrogen-bond acceptors (Lipinski definition) is 4. The van der Waals surface area contributed by atoms with Crippen LogP contribution < -0.4 is 5.73 Å². The molecule has 1 aliphatic rings. The first kappa shape index (κ1) is 14.3. The third-order valence-electron chi connectivity index (χ3n) is 3.53. The van der Waals surface area contributed by atoms with Gasteiger partial charge in [-0.1, -0.05) is 18.5 Å². The van der Waals surface area contributed by atoms with Gasteiger partial charge in [-0.05, 0) is 19.0 Å². The summed E-state index contributed by atoms with van der Waals surface area (Å²) in [5.74, 6) is 0. The molecular formula is C13H22ClN3S. The fourth-order valence-corrected chi connectivity index (χ4v) is 3.79. The number of thiophene rings is 1. The van der Waals surface area contributed by atoms with Crippen molar-refractivity contribution in [3.05, 3.63) is 21.3 Å². The number of rotatable bonds is 5. The molecule has 2 heterocycles. The minimum absolute atomic E-state index is 0.339. The number of halogens is 1. The summed E-state index contributed by atoms with van der Waals surface area (Å²) in [4.78, 5) is 6.33. The van der Waals surface area contributed by atoms with Gasteiger partial charge >= 0.3 is 0 Å². The van der Waals surface area contributed by atoms with Crippen LogP contribution in [0.15, 0.2) is 11.4 Å². The van der Waals surface area contributed by atoms with Crippen LogP contribution in [-0.2, 0) is 0 Å². The largest absolute Gasteiger partial charge is 0.329 e. The maximum absolute atomic E-state index is 6.01. The van der Waals surface area contributed by atoms with Gasteiger partial charge in [0.15, 0.2) is 0 Å². The van der Waals surface area contributed by atoms with Crippen LogP contribution in [0.25, 0.3) is 0 Å². The lowest BCUT2D eigenvalue weighted by Crippen LogP contribution is -2.48. The van der Waals surface area contributed by atoms with Gasteiger partial charge in [-0.15, -0.1) is 11.3 Å². The molecule has 5 heteroatoms. The zero-order chi connectivity index (χ0) is 13.0. The van der Waals surface area contributed by atoms with Crippen LogP contribution in [0.2, 0.25) is 5.02 Å². The van der Waals surface area contributed by atoms with Gasteiger partial charge in [0, 0.05) is 43.0 Å². The van der Waals surface area contributed by atoms with Crippen molar-refractivity contribution in [1.82, 2.24) is 9.80 Å². The van der Waals surface area contributed by atoms with Crippen molar-refractivity contribution < 1.29 is 0 Å². The Morgan fingerprint density at radius 1 is 1.39 bits per heavy atom. The van der Waals surface area contributed by atoms with E-state index in [2.05, 4.69) is 22.8 Å². The Kier molecular flexibility index (Phi) is 5.45. The normalized spacial score (nSPS) is 20.2. The average Bonchev–Trinajstić information content (AvgIpc) is 2.79. The number of hydrogen-bond donors (Lipinski definition) is 1. The summed E-state index contributed by atoms with van der Waals surface area (Å²) >= 11 is 7.73. The highest BCUT2D eigenvalue weighted by atomic mass is 35.5. The third kappa shape index (κ3) is 3.45. The molecule has 0 radical (unpaired) electrons. The molecule has 0 aromatic carbocycles. The van der Waals surface area contributed by atoms with E-state index in [0.29, 0.717) is 12.6 Å². The van der Waals surface area contributed by atoms with E-state index >= 15 is 0 Å². The second-order valence-electron chi connectivity index (χ2n) is 4.80. The zero-order valence-corrected chi connectivity index (χ0v) is 12.5. The molecule has 18 heavy (non-hydrogen) atoms. The van der Waals surface area contributed by atoms with Crippen LogP contribution in [-0.4, -0.2) is 49.1 Å². The first-order chi connectivity index (χ1) is 8.74. The second-order valence-corrected chi connectivity index (χ2v) is 6.18. The van der Waals surface area contributed by atoms with Crippen LogP contribution >= 0.6 is 22.9 Å². The Balaban J connectivity index is 1.94. The van der Waals surface area contributed by atoms with E-state index in [9.17, 15) is 0 Å². The highest BCUT2D eigenvalue weighted by Gasteiger charge is 2.24. The molecule has 1 aromatic rings. The van der Waals surface area contributed by atoms with Crippen molar-refractivity contribution in [2.24, 2.45) is 5.73 Å². The standard InChI is InChI=1S/C13H22ClN3S/c1-2-3-16-4-6-17(7-5-16)12(9-15)13-8-11(14)10-18-13/h8,10,12H,2-7,9,15H2,1H3. The van der Waals surface area contributed by atoms with E-state index in [-0.39, 0.29) is 0 Å². The molecule has 2 N–H and O–H groups in total. The van der Waals surface area contributed by atoms with Gasteiger partial charge in [-0.3, -0.25) is 4.90 Å². The van der Waals surface area contributed by atoms with Gasteiger partial charge < -0.3 is 10.6 Å². The lowest BCUT2D eigenvalue weighted by Gasteiger charge is -2.38. The summed E-state index contributed by atoms with van der Waals surface area (Å²) in [5, 5.41) is 2.82. The van der Waals surface area contributed by atoms with Crippen molar-refractivity contribution in [1.29, 1.82) is 0 Å². The summed E-state index contributed by atoms with van der Waals surface area (Å²) in [6.07, 6.45) is 1.24. The first-order valence-corrected chi connectivity index (χ1v) is 7.90. The summed E-state index contributed by atoms with van der Waals surface area (Å²) in [6, 6.07) is 2.40. The summed E-state index contributed by atoms with van der Waals surface area (Å²) in [5.41, 5.74) is 5.95. The van der Waals surface area contributed by atoms with E-state index in [1.165, 1.54) is 17.8 Å². The Bertz CT molecular complexity index is 361. The van der Waals surface area contributed by atoms with Gasteiger partial charge in [-0.2, -0.15) is 0 Å². The number of piperazine rings is 1. The van der Waals surface area contributed by atoms with Crippen molar-refractivity contribution in [3.63, 3.8) is 0 Å². The van der Waals surface area contributed by atoms with Crippen molar-refractivity contribution in [2.45, 2.75) is 19.4 Å².